The number of carbonyl (C=O) groups is 1. The van der Waals surface area contributed by atoms with Crippen molar-refractivity contribution in [1.29, 1.82) is 0 Å². The van der Waals surface area contributed by atoms with Crippen LogP contribution in [-0.4, -0.2) is 11.1 Å². The number of carboxylic acids is 1. The third-order valence-electron chi connectivity index (χ3n) is 2.89. The lowest BCUT2D eigenvalue weighted by atomic mass is 10.1. The molecule has 0 radical (unpaired) electrons. The molecular formula is C14H14FNO3. The van der Waals surface area contributed by atoms with E-state index in [2.05, 4.69) is 5.32 Å². The Hall–Kier alpha value is -2.14. The standard InChI is InChI=1S/C14H14FNO3/c1-9(10-3-2-4-12(15)7-10)16-8-11-5-6-19-13(11)14(17)18/h2-7,9,16H,8H2,1H3,(H,17,18). The number of rotatable bonds is 5. The predicted molar refractivity (Wildman–Crippen MR) is 67.3 cm³/mol. The van der Waals surface area contributed by atoms with Gasteiger partial charge in [0.1, 0.15) is 5.82 Å². The van der Waals surface area contributed by atoms with Crippen LogP contribution in [0.2, 0.25) is 0 Å². The van der Waals surface area contributed by atoms with Crippen molar-refractivity contribution in [3.8, 4) is 0 Å². The number of carboxylic acid groups (broad SMARTS) is 1. The fourth-order valence-electron chi connectivity index (χ4n) is 1.82. The molecule has 1 heterocycles. The van der Waals surface area contributed by atoms with Crippen LogP contribution in [0.4, 0.5) is 4.39 Å². The van der Waals surface area contributed by atoms with Crippen molar-refractivity contribution >= 4 is 5.97 Å². The molecule has 1 aromatic heterocycles. The van der Waals surface area contributed by atoms with E-state index in [1.807, 2.05) is 13.0 Å². The lowest BCUT2D eigenvalue weighted by Crippen LogP contribution is -2.19. The Morgan fingerprint density at radius 3 is 2.95 bits per heavy atom. The molecule has 4 nitrogen and oxygen atoms in total. The summed E-state index contributed by atoms with van der Waals surface area (Å²) in [5.74, 6) is -1.46. The zero-order valence-electron chi connectivity index (χ0n) is 10.4. The van der Waals surface area contributed by atoms with Gasteiger partial charge in [-0.3, -0.25) is 0 Å². The molecule has 0 saturated carbocycles. The molecule has 0 amide bonds. The molecule has 0 spiro atoms. The molecule has 5 heteroatoms. The molecule has 0 fully saturated rings. The molecular weight excluding hydrogens is 249 g/mol. The van der Waals surface area contributed by atoms with Gasteiger partial charge in [-0.2, -0.15) is 0 Å². The predicted octanol–water partition coefficient (Wildman–Crippen LogP) is 2.97. The Bertz CT molecular complexity index is 580. The highest BCUT2D eigenvalue weighted by molar-refractivity contribution is 5.86. The van der Waals surface area contributed by atoms with Crippen molar-refractivity contribution in [2.75, 3.05) is 0 Å². The van der Waals surface area contributed by atoms with Gasteiger partial charge in [0.2, 0.25) is 5.76 Å². The third-order valence-corrected chi connectivity index (χ3v) is 2.89. The minimum absolute atomic E-state index is 0.0704. The molecule has 1 aromatic carbocycles. The van der Waals surface area contributed by atoms with Gasteiger partial charge >= 0.3 is 5.97 Å². The van der Waals surface area contributed by atoms with Gasteiger partial charge in [0.25, 0.3) is 0 Å². The number of hydrogen-bond acceptors (Lipinski definition) is 3. The Morgan fingerprint density at radius 2 is 2.26 bits per heavy atom. The highest BCUT2D eigenvalue weighted by Gasteiger charge is 2.14. The van der Waals surface area contributed by atoms with E-state index in [4.69, 9.17) is 9.52 Å². The third kappa shape index (κ3) is 3.20. The molecule has 2 rings (SSSR count). The van der Waals surface area contributed by atoms with E-state index in [0.29, 0.717) is 12.1 Å². The quantitative estimate of drug-likeness (QED) is 0.870. The van der Waals surface area contributed by atoms with E-state index in [0.717, 1.165) is 5.56 Å². The maximum atomic E-state index is 13.1. The summed E-state index contributed by atoms with van der Waals surface area (Å²) >= 11 is 0. The molecule has 1 atom stereocenters. The molecule has 0 aliphatic carbocycles. The topological polar surface area (TPSA) is 62.5 Å². The molecule has 2 aromatic rings. The average molecular weight is 263 g/mol. The average Bonchev–Trinajstić information content (AvgIpc) is 2.84. The number of furan rings is 1. The Labute approximate surface area is 109 Å². The number of halogens is 1. The summed E-state index contributed by atoms with van der Waals surface area (Å²) in [6.45, 7) is 2.23. The molecule has 19 heavy (non-hydrogen) atoms. The summed E-state index contributed by atoms with van der Waals surface area (Å²) in [7, 11) is 0. The monoisotopic (exact) mass is 263 g/mol. The summed E-state index contributed by atoms with van der Waals surface area (Å²) in [5.41, 5.74) is 1.37. The first-order chi connectivity index (χ1) is 9.08. The van der Waals surface area contributed by atoms with Crippen LogP contribution in [0.3, 0.4) is 0 Å². The van der Waals surface area contributed by atoms with Crippen molar-refractivity contribution in [2.45, 2.75) is 19.5 Å². The maximum absolute atomic E-state index is 13.1. The van der Waals surface area contributed by atoms with Crippen molar-refractivity contribution in [3.05, 3.63) is 59.3 Å². The summed E-state index contributed by atoms with van der Waals surface area (Å²) in [6.07, 6.45) is 1.34. The van der Waals surface area contributed by atoms with Crippen LogP contribution in [0.15, 0.2) is 41.0 Å². The first kappa shape index (κ1) is 13.3. The van der Waals surface area contributed by atoms with E-state index in [-0.39, 0.29) is 17.6 Å². The van der Waals surface area contributed by atoms with Gasteiger partial charge in [0, 0.05) is 18.2 Å². The van der Waals surface area contributed by atoms with Crippen LogP contribution >= 0.6 is 0 Å². The second kappa shape index (κ2) is 5.67. The zero-order chi connectivity index (χ0) is 13.8. The van der Waals surface area contributed by atoms with Gasteiger partial charge < -0.3 is 14.8 Å². The van der Waals surface area contributed by atoms with Crippen LogP contribution in [0.1, 0.15) is 34.6 Å². The zero-order valence-corrected chi connectivity index (χ0v) is 10.4. The maximum Gasteiger partial charge on any atom is 0.372 e. The van der Waals surface area contributed by atoms with Crippen LogP contribution in [0.5, 0.6) is 0 Å². The number of aromatic carboxylic acids is 1. The van der Waals surface area contributed by atoms with Gasteiger partial charge in [-0.25, -0.2) is 9.18 Å². The van der Waals surface area contributed by atoms with Crippen LogP contribution < -0.4 is 5.32 Å². The van der Waals surface area contributed by atoms with Gasteiger partial charge in [0.15, 0.2) is 0 Å². The smallest absolute Gasteiger partial charge is 0.372 e. The van der Waals surface area contributed by atoms with Crippen LogP contribution in [0.25, 0.3) is 0 Å². The molecule has 2 N–H and O–H groups in total. The van der Waals surface area contributed by atoms with Crippen LogP contribution in [-0.2, 0) is 6.54 Å². The molecule has 1 unspecified atom stereocenters. The summed E-state index contributed by atoms with van der Waals surface area (Å²) < 4.78 is 18.0. The minimum atomic E-state index is -1.10. The van der Waals surface area contributed by atoms with Crippen molar-refractivity contribution < 1.29 is 18.7 Å². The van der Waals surface area contributed by atoms with Crippen LogP contribution in [0, 0.1) is 5.82 Å². The molecule has 100 valence electrons. The summed E-state index contributed by atoms with van der Waals surface area (Å²) in [4.78, 5) is 10.9. The number of benzene rings is 1. The lowest BCUT2D eigenvalue weighted by Gasteiger charge is -2.13. The Kier molecular flexibility index (Phi) is 3.97. The highest BCUT2D eigenvalue weighted by atomic mass is 19.1. The second-order valence-electron chi connectivity index (χ2n) is 4.24. The van der Waals surface area contributed by atoms with E-state index >= 15 is 0 Å². The Balaban J connectivity index is 2.02. The fraction of sp³-hybridized carbons (Fsp3) is 0.214. The minimum Gasteiger partial charge on any atom is -0.475 e. The molecule has 0 aliphatic heterocycles. The lowest BCUT2D eigenvalue weighted by molar-refractivity contribution is 0.0660. The largest absolute Gasteiger partial charge is 0.475 e. The Morgan fingerprint density at radius 1 is 1.47 bits per heavy atom. The van der Waals surface area contributed by atoms with Gasteiger partial charge in [0.05, 0.1) is 6.26 Å². The summed E-state index contributed by atoms with van der Waals surface area (Å²) in [6, 6.07) is 7.80. The fourth-order valence-corrected chi connectivity index (χ4v) is 1.82. The van der Waals surface area contributed by atoms with E-state index < -0.39 is 5.97 Å². The number of nitrogens with one attached hydrogen (secondary N) is 1. The van der Waals surface area contributed by atoms with Crippen molar-refractivity contribution in [3.63, 3.8) is 0 Å². The van der Waals surface area contributed by atoms with Gasteiger partial charge in [-0.15, -0.1) is 0 Å². The van der Waals surface area contributed by atoms with Gasteiger partial charge in [-0.05, 0) is 30.7 Å². The SMILES string of the molecule is CC(NCc1ccoc1C(=O)O)c1cccc(F)c1. The molecule has 0 aliphatic rings. The highest BCUT2D eigenvalue weighted by Crippen LogP contribution is 2.16. The summed E-state index contributed by atoms with van der Waals surface area (Å²) in [5, 5.41) is 12.0. The van der Waals surface area contributed by atoms with E-state index in [9.17, 15) is 9.18 Å². The van der Waals surface area contributed by atoms with E-state index in [1.54, 1.807) is 12.1 Å². The first-order valence-electron chi connectivity index (χ1n) is 5.86. The normalized spacial score (nSPS) is 12.3. The first-order valence-corrected chi connectivity index (χ1v) is 5.86. The molecule has 0 saturated heterocycles. The van der Waals surface area contributed by atoms with Gasteiger partial charge in [-0.1, -0.05) is 12.1 Å². The number of hydrogen-bond donors (Lipinski definition) is 2. The molecule has 0 bridgehead atoms. The van der Waals surface area contributed by atoms with E-state index in [1.165, 1.54) is 18.4 Å². The van der Waals surface area contributed by atoms with Crippen molar-refractivity contribution in [1.82, 2.24) is 5.32 Å². The second-order valence-corrected chi connectivity index (χ2v) is 4.24. The van der Waals surface area contributed by atoms with Crippen molar-refractivity contribution in [2.24, 2.45) is 0 Å².